The van der Waals surface area contributed by atoms with Crippen LogP contribution in [0.1, 0.15) is 27.6 Å². The van der Waals surface area contributed by atoms with Gasteiger partial charge in [0.05, 0.1) is 29.6 Å². The predicted molar refractivity (Wildman–Crippen MR) is 151 cm³/mol. The van der Waals surface area contributed by atoms with Crippen molar-refractivity contribution in [2.45, 2.75) is 17.1 Å². The molecule has 0 amide bonds. The molecule has 3 aromatic carbocycles. The number of rotatable bonds is 10. The number of ether oxygens (including phenoxy) is 1. The highest BCUT2D eigenvalue weighted by Crippen LogP contribution is 2.28. The van der Waals surface area contributed by atoms with Crippen LogP contribution in [0.3, 0.4) is 0 Å². The first-order valence-electron chi connectivity index (χ1n) is 11.8. The summed E-state index contributed by atoms with van der Waals surface area (Å²) in [5.74, 6) is -2.02. The molecule has 204 valence electrons. The van der Waals surface area contributed by atoms with Gasteiger partial charge in [0.25, 0.3) is 10.0 Å². The van der Waals surface area contributed by atoms with E-state index in [4.69, 9.17) is 16.3 Å². The highest BCUT2D eigenvalue weighted by Gasteiger charge is 2.24. The minimum Gasteiger partial charge on any atom is -0.545 e. The number of amidine groups is 1. The van der Waals surface area contributed by atoms with Crippen LogP contribution >= 0.6 is 23.4 Å². The second-order valence-electron chi connectivity index (χ2n) is 8.27. The van der Waals surface area contributed by atoms with Crippen molar-refractivity contribution < 1.29 is 27.9 Å². The summed E-state index contributed by atoms with van der Waals surface area (Å²) in [6.45, 7) is 2.81. The van der Waals surface area contributed by atoms with Crippen molar-refractivity contribution >= 4 is 67.6 Å². The van der Waals surface area contributed by atoms with Crippen molar-refractivity contribution in [3.8, 4) is 0 Å². The first kappa shape index (κ1) is 28.3. The minimum absolute atomic E-state index is 0.0478. The van der Waals surface area contributed by atoms with Gasteiger partial charge in [0.1, 0.15) is 0 Å². The van der Waals surface area contributed by atoms with Crippen LogP contribution in [0.2, 0.25) is 5.02 Å². The van der Waals surface area contributed by atoms with E-state index >= 15 is 0 Å². The lowest BCUT2D eigenvalue weighted by Gasteiger charge is -2.19. The van der Waals surface area contributed by atoms with Gasteiger partial charge in [0.2, 0.25) is 0 Å². The number of thioether (sulfide) groups is 1. The predicted octanol–water partition coefficient (Wildman–Crippen LogP) is 3.68. The largest absolute Gasteiger partial charge is 0.545 e. The summed E-state index contributed by atoms with van der Waals surface area (Å²) in [6.07, 6.45) is 0. The zero-order valence-corrected chi connectivity index (χ0v) is 23.0. The molecule has 4 rings (SSSR count). The van der Waals surface area contributed by atoms with Crippen molar-refractivity contribution in [2.24, 2.45) is 4.99 Å². The van der Waals surface area contributed by atoms with E-state index in [0.29, 0.717) is 35.5 Å². The van der Waals surface area contributed by atoms with Crippen LogP contribution in [0, 0.1) is 0 Å². The fraction of sp³-hybridized carbons (Fsp3) is 0.192. The van der Waals surface area contributed by atoms with E-state index in [2.05, 4.69) is 20.3 Å². The molecule has 0 fully saturated rings. The van der Waals surface area contributed by atoms with E-state index in [1.807, 2.05) is 0 Å². The van der Waals surface area contributed by atoms with Crippen molar-refractivity contribution in [1.82, 2.24) is 0 Å². The number of nitrogens with zero attached hydrogens (tertiary/aromatic N) is 1. The third-order valence-corrected chi connectivity index (χ3v) is 8.28. The third kappa shape index (κ3) is 7.22. The average molecular weight is 588 g/mol. The molecule has 0 saturated carbocycles. The molecule has 1 heterocycles. The Labute approximate surface area is 234 Å². The van der Waals surface area contributed by atoms with E-state index in [1.165, 1.54) is 54.2 Å². The standard InChI is InChI=1S/C26H25ClN4O6S2/c1-2-37-25(34)16-6-10-18(11-7-16)30-26-29-15-20(38-26)14-28-21-4-3-5-22(23(21)24(32)33)39(35,36)31-19-12-8-17(27)9-13-19/h3-13,20,28,31H,2,14-15H2,1H3,(H,29,30)(H,32,33)/p-1. The average Bonchev–Trinajstić information content (AvgIpc) is 3.36. The van der Waals surface area contributed by atoms with E-state index in [9.17, 15) is 23.1 Å². The Morgan fingerprint density at radius 2 is 1.77 bits per heavy atom. The summed E-state index contributed by atoms with van der Waals surface area (Å²) in [7, 11) is -4.24. The molecule has 3 aromatic rings. The SMILES string of the molecule is CCOC(=O)c1ccc(NC2=NCC(CNc3cccc(S(=O)(=O)Nc4ccc(Cl)cc4)c3C(=O)[O-])S2)cc1. The first-order chi connectivity index (χ1) is 18.7. The Morgan fingerprint density at radius 3 is 2.44 bits per heavy atom. The number of sulfonamides is 1. The van der Waals surface area contributed by atoms with Crippen molar-refractivity contribution in [3.63, 3.8) is 0 Å². The molecule has 13 heteroatoms. The van der Waals surface area contributed by atoms with Gasteiger partial charge in [-0.05, 0) is 67.6 Å². The summed E-state index contributed by atoms with van der Waals surface area (Å²) in [6, 6.07) is 16.9. The molecule has 1 unspecified atom stereocenters. The molecule has 0 radical (unpaired) electrons. The van der Waals surface area contributed by atoms with Gasteiger partial charge in [-0.1, -0.05) is 29.4 Å². The number of aromatic carboxylic acids is 1. The van der Waals surface area contributed by atoms with E-state index in [0.717, 1.165) is 5.69 Å². The molecule has 0 saturated heterocycles. The van der Waals surface area contributed by atoms with Crippen LogP contribution in [-0.2, 0) is 14.8 Å². The maximum Gasteiger partial charge on any atom is 0.338 e. The molecule has 0 aliphatic carbocycles. The fourth-order valence-corrected chi connectivity index (χ4v) is 6.04. The molecule has 0 aromatic heterocycles. The van der Waals surface area contributed by atoms with Gasteiger partial charge in [0.15, 0.2) is 5.17 Å². The minimum atomic E-state index is -4.24. The molecule has 0 spiro atoms. The lowest BCUT2D eigenvalue weighted by molar-refractivity contribution is -0.255. The van der Waals surface area contributed by atoms with Gasteiger partial charge in [-0.2, -0.15) is 0 Å². The van der Waals surface area contributed by atoms with E-state index < -0.39 is 32.4 Å². The van der Waals surface area contributed by atoms with Crippen LogP contribution in [0.25, 0.3) is 0 Å². The van der Waals surface area contributed by atoms with Crippen molar-refractivity contribution in [1.29, 1.82) is 0 Å². The number of hydrogen-bond donors (Lipinski definition) is 3. The smallest absolute Gasteiger partial charge is 0.338 e. The fourth-order valence-electron chi connectivity index (χ4n) is 3.68. The number of carboxylic acids is 1. The van der Waals surface area contributed by atoms with Gasteiger partial charge in [0, 0.05) is 39.4 Å². The van der Waals surface area contributed by atoms with Crippen LogP contribution in [0.4, 0.5) is 17.1 Å². The number of aliphatic imine (C=N–C) groups is 1. The summed E-state index contributed by atoms with van der Waals surface area (Å²) >= 11 is 7.30. The maximum absolute atomic E-state index is 13.0. The van der Waals surface area contributed by atoms with Crippen LogP contribution in [-0.4, -0.2) is 50.5 Å². The number of carboxylic acid groups (broad SMARTS) is 1. The Balaban J connectivity index is 1.39. The number of anilines is 3. The number of carbonyl (C=O) groups is 2. The lowest BCUT2D eigenvalue weighted by Crippen LogP contribution is -2.29. The molecule has 39 heavy (non-hydrogen) atoms. The van der Waals surface area contributed by atoms with Crippen molar-refractivity contribution in [2.75, 3.05) is 35.1 Å². The Hall–Kier alpha value is -3.74. The van der Waals surface area contributed by atoms with Crippen LogP contribution < -0.4 is 20.5 Å². The summed E-state index contributed by atoms with van der Waals surface area (Å²) in [5, 5.41) is 19.3. The lowest BCUT2D eigenvalue weighted by atomic mass is 10.1. The van der Waals surface area contributed by atoms with E-state index in [1.54, 1.807) is 31.2 Å². The highest BCUT2D eigenvalue weighted by atomic mass is 35.5. The second-order valence-corrected chi connectivity index (χ2v) is 11.6. The zero-order chi connectivity index (χ0) is 28.0. The topological polar surface area (TPSA) is 149 Å². The van der Waals surface area contributed by atoms with Gasteiger partial charge in [-0.25, -0.2) is 13.2 Å². The highest BCUT2D eigenvalue weighted by molar-refractivity contribution is 8.15. The summed E-state index contributed by atoms with van der Waals surface area (Å²) < 4.78 is 33.4. The number of nitrogens with one attached hydrogen (secondary N) is 3. The monoisotopic (exact) mass is 587 g/mol. The zero-order valence-electron chi connectivity index (χ0n) is 20.6. The number of esters is 1. The first-order valence-corrected chi connectivity index (χ1v) is 14.5. The van der Waals surface area contributed by atoms with Gasteiger partial charge in [-0.3, -0.25) is 9.71 Å². The number of hydrogen-bond acceptors (Lipinski definition) is 10. The molecular formula is C26H24ClN4O6S2-. The molecular weight excluding hydrogens is 564 g/mol. The molecule has 10 nitrogen and oxygen atoms in total. The molecule has 1 atom stereocenters. The molecule has 1 aliphatic heterocycles. The Bertz CT molecular complexity index is 1500. The summed E-state index contributed by atoms with van der Waals surface area (Å²) in [5.41, 5.74) is 1.07. The summed E-state index contributed by atoms with van der Waals surface area (Å²) in [4.78, 5) is 27.9. The number of benzene rings is 3. The molecule has 1 aliphatic rings. The van der Waals surface area contributed by atoms with Crippen LogP contribution in [0.15, 0.2) is 76.6 Å². The second kappa shape index (κ2) is 12.4. The number of halogens is 1. The quantitative estimate of drug-likeness (QED) is 0.302. The third-order valence-electron chi connectivity index (χ3n) is 5.50. The molecule has 0 bridgehead atoms. The van der Waals surface area contributed by atoms with Gasteiger partial charge >= 0.3 is 5.97 Å². The normalized spacial score (nSPS) is 14.8. The Morgan fingerprint density at radius 1 is 1.08 bits per heavy atom. The maximum atomic E-state index is 13.0. The van der Waals surface area contributed by atoms with E-state index in [-0.39, 0.29) is 16.6 Å². The van der Waals surface area contributed by atoms with Crippen molar-refractivity contribution in [3.05, 3.63) is 82.9 Å². The van der Waals surface area contributed by atoms with Gasteiger partial charge < -0.3 is 25.3 Å². The Kier molecular flexibility index (Phi) is 9.00. The molecule has 3 N–H and O–H groups in total. The van der Waals surface area contributed by atoms with Gasteiger partial charge in [-0.15, -0.1) is 0 Å². The van der Waals surface area contributed by atoms with Crippen LogP contribution in [0.5, 0.6) is 0 Å². The number of carbonyl (C=O) groups excluding carboxylic acids is 2.